The molecule has 0 aliphatic carbocycles. The van der Waals surface area contributed by atoms with Gasteiger partial charge in [-0.2, -0.15) is 0 Å². The lowest BCUT2D eigenvalue weighted by Gasteiger charge is -2.21. The van der Waals surface area contributed by atoms with Gasteiger partial charge < -0.3 is 4.74 Å². The van der Waals surface area contributed by atoms with Crippen LogP contribution in [0.1, 0.15) is 0 Å². The van der Waals surface area contributed by atoms with Crippen molar-refractivity contribution < 1.29 is 9.53 Å². The highest BCUT2D eigenvalue weighted by Gasteiger charge is 2.21. The monoisotopic (exact) mass is 343 g/mol. The van der Waals surface area contributed by atoms with E-state index >= 15 is 0 Å². The van der Waals surface area contributed by atoms with Gasteiger partial charge in [0.15, 0.2) is 0 Å². The molecule has 0 aliphatic rings. The summed E-state index contributed by atoms with van der Waals surface area (Å²) in [5, 5.41) is 14.6. The van der Waals surface area contributed by atoms with E-state index in [1.807, 2.05) is 6.07 Å². The Morgan fingerprint density at radius 2 is 0.926 bits per heavy atom. The predicted molar refractivity (Wildman–Crippen MR) is 111 cm³/mol. The van der Waals surface area contributed by atoms with Crippen molar-refractivity contribution >= 4 is 71.1 Å². The van der Waals surface area contributed by atoms with Gasteiger partial charge in [-0.25, -0.2) is 4.79 Å². The molecular formula is C25H11O2. The lowest BCUT2D eigenvalue weighted by molar-refractivity contribution is 0.445. The van der Waals surface area contributed by atoms with Crippen LogP contribution >= 0.6 is 0 Å². The van der Waals surface area contributed by atoms with Crippen LogP contribution in [-0.2, 0) is 4.79 Å². The quantitative estimate of drug-likeness (QED) is 0.269. The first-order valence-corrected chi connectivity index (χ1v) is 8.99. The van der Waals surface area contributed by atoms with Crippen molar-refractivity contribution in [2.75, 3.05) is 0 Å². The molecule has 7 rings (SSSR count). The first-order chi connectivity index (χ1) is 13.3. The fourth-order valence-electron chi connectivity index (χ4n) is 5.08. The second kappa shape index (κ2) is 4.36. The second-order valence-electron chi connectivity index (χ2n) is 7.30. The topological polar surface area (TPSA) is 26.3 Å². The summed E-state index contributed by atoms with van der Waals surface area (Å²) >= 11 is 0. The number of ether oxygens (including phenoxy) is 1. The standard InChI is InChI=1S/C25H11O2/c26-12-27-19-11-17-8-7-15-4-2-13-1-3-14-5-6-16-9-10-18(19)25-23(16)21(14)20(13)22(15)24(17)25/h1-11H. The Bertz CT molecular complexity index is 1600. The highest BCUT2D eigenvalue weighted by molar-refractivity contribution is 6.44. The molecule has 2 nitrogen and oxygen atoms in total. The molecule has 0 N–H and O–H groups in total. The summed E-state index contributed by atoms with van der Waals surface area (Å²) in [5.74, 6) is 0.567. The van der Waals surface area contributed by atoms with Gasteiger partial charge >= 0.3 is 6.47 Å². The zero-order valence-corrected chi connectivity index (χ0v) is 14.2. The zero-order valence-electron chi connectivity index (χ0n) is 14.2. The molecular weight excluding hydrogens is 332 g/mol. The SMILES string of the molecule is O=[C]Oc1cc2ccc3ccc4ccc5ccc6ccc1c1c6c5c4c3c21. The Morgan fingerprint density at radius 1 is 0.519 bits per heavy atom. The molecule has 123 valence electrons. The number of hydrogen-bond acceptors (Lipinski definition) is 2. The smallest absolute Gasteiger partial charge is 0.417 e. The van der Waals surface area contributed by atoms with Crippen LogP contribution in [-0.4, -0.2) is 6.47 Å². The molecule has 0 saturated heterocycles. The van der Waals surface area contributed by atoms with E-state index in [9.17, 15) is 4.79 Å². The van der Waals surface area contributed by atoms with Crippen LogP contribution in [0.2, 0.25) is 0 Å². The molecule has 0 bridgehead atoms. The van der Waals surface area contributed by atoms with Crippen LogP contribution in [0.4, 0.5) is 0 Å². The van der Waals surface area contributed by atoms with Crippen LogP contribution < -0.4 is 4.74 Å². The maximum absolute atomic E-state index is 11.0. The molecule has 0 heterocycles. The van der Waals surface area contributed by atoms with Crippen LogP contribution in [0.15, 0.2) is 66.7 Å². The lowest BCUT2D eigenvalue weighted by Crippen LogP contribution is -1.95. The molecule has 0 saturated carbocycles. The van der Waals surface area contributed by atoms with Gasteiger partial charge in [0, 0.05) is 10.8 Å². The summed E-state index contributed by atoms with van der Waals surface area (Å²) in [4.78, 5) is 11.0. The molecule has 0 aliphatic heterocycles. The average molecular weight is 343 g/mol. The molecule has 2 heteroatoms. The molecule has 1 radical (unpaired) electrons. The number of benzene rings is 7. The molecule has 0 fully saturated rings. The maximum atomic E-state index is 11.0. The van der Waals surface area contributed by atoms with E-state index in [-0.39, 0.29) is 0 Å². The number of hydrogen-bond donors (Lipinski definition) is 0. The van der Waals surface area contributed by atoms with Gasteiger partial charge in [0.25, 0.3) is 0 Å². The summed E-state index contributed by atoms with van der Waals surface area (Å²) in [6.07, 6.45) is 0. The van der Waals surface area contributed by atoms with E-state index in [1.165, 1.54) is 53.9 Å². The Balaban J connectivity index is 1.99. The molecule has 0 unspecified atom stereocenters. The van der Waals surface area contributed by atoms with Crippen LogP contribution in [0, 0.1) is 0 Å². The van der Waals surface area contributed by atoms with Gasteiger partial charge in [0.1, 0.15) is 5.75 Å². The van der Waals surface area contributed by atoms with E-state index in [0.717, 1.165) is 10.8 Å². The summed E-state index contributed by atoms with van der Waals surface area (Å²) in [7, 11) is 0. The van der Waals surface area contributed by atoms with E-state index < -0.39 is 0 Å². The number of rotatable bonds is 2. The van der Waals surface area contributed by atoms with E-state index in [1.54, 1.807) is 6.47 Å². The van der Waals surface area contributed by atoms with E-state index in [4.69, 9.17) is 4.74 Å². The summed E-state index contributed by atoms with van der Waals surface area (Å²) in [6, 6.07) is 23.6. The largest absolute Gasteiger partial charge is 0.423 e. The Hall–Kier alpha value is -3.65. The second-order valence-corrected chi connectivity index (χ2v) is 7.30. The fraction of sp³-hybridized carbons (Fsp3) is 0. The lowest BCUT2D eigenvalue weighted by atomic mass is 9.83. The van der Waals surface area contributed by atoms with Gasteiger partial charge in [0.05, 0.1) is 0 Å². The van der Waals surface area contributed by atoms with E-state index in [2.05, 4.69) is 60.7 Å². The van der Waals surface area contributed by atoms with Crippen LogP contribution in [0.25, 0.3) is 64.6 Å². The molecule has 0 amide bonds. The van der Waals surface area contributed by atoms with Crippen molar-refractivity contribution in [2.45, 2.75) is 0 Å². The minimum atomic E-state index is 0.567. The first-order valence-electron chi connectivity index (χ1n) is 8.99. The van der Waals surface area contributed by atoms with Crippen molar-refractivity contribution in [1.29, 1.82) is 0 Å². The Labute approximate surface area is 153 Å². The fourth-order valence-corrected chi connectivity index (χ4v) is 5.08. The first kappa shape index (κ1) is 13.5. The third kappa shape index (κ3) is 1.43. The van der Waals surface area contributed by atoms with Crippen molar-refractivity contribution in [3.05, 3.63) is 66.7 Å². The maximum Gasteiger partial charge on any atom is 0.423 e. The predicted octanol–water partition coefficient (Wildman–Crippen LogP) is 6.37. The third-order valence-corrected chi connectivity index (χ3v) is 6.12. The molecule has 0 atom stereocenters. The van der Waals surface area contributed by atoms with Gasteiger partial charge in [-0.15, -0.1) is 0 Å². The summed E-state index contributed by atoms with van der Waals surface area (Å²) in [6.45, 7) is 1.61. The van der Waals surface area contributed by atoms with Crippen molar-refractivity contribution in [3.63, 3.8) is 0 Å². The summed E-state index contributed by atoms with van der Waals surface area (Å²) < 4.78 is 5.25. The summed E-state index contributed by atoms with van der Waals surface area (Å²) in [5.41, 5.74) is 0. The molecule has 0 aromatic heterocycles. The van der Waals surface area contributed by atoms with E-state index in [0.29, 0.717) is 5.75 Å². The van der Waals surface area contributed by atoms with Crippen LogP contribution in [0.5, 0.6) is 5.75 Å². The molecule has 7 aromatic rings. The zero-order chi connectivity index (χ0) is 17.7. The molecule has 7 aromatic carbocycles. The molecule has 27 heavy (non-hydrogen) atoms. The highest BCUT2D eigenvalue weighted by atomic mass is 16.5. The normalized spacial score (nSPS) is 12.6. The highest BCUT2D eigenvalue weighted by Crippen LogP contribution is 2.49. The third-order valence-electron chi connectivity index (χ3n) is 6.12. The molecule has 0 spiro atoms. The van der Waals surface area contributed by atoms with Gasteiger partial charge in [-0.1, -0.05) is 54.6 Å². The Kier molecular flexibility index (Phi) is 2.19. The van der Waals surface area contributed by atoms with Crippen molar-refractivity contribution in [2.24, 2.45) is 0 Å². The number of carbonyl (C=O) groups excluding carboxylic acids is 1. The average Bonchev–Trinajstić information content (AvgIpc) is 2.72. The van der Waals surface area contributed by atoms with Crippen molar-refractivity contribution in [1.82, 2.24) is 0 Å². The van der Waals surface area contributed by atoms with Gasteiger partial charge in [0.2, 0.25) is 0 Å². The minimum absolute atomic E-state index is 0.567. The van der Waals surface area contributed by atoms with Crippen LogP contribution in [0.3, 0.4) is 0 Å². The van der Waals surface area contributed by atoms with Gasteiger partial charge in [-0.3, -0.25) is 0 Å². The Morgan fingerprint density at radius 3 is 1.44 bits per heavy atom. The van der Waals surface area contributed by atoms with Crippen molar-refractivity contribution in [3.8, 4) is 5.75 Å². The van der Waals surface area contributed by atoms with Gasteiger partial charge in [-0.05, 0) is 66.0 Å². The minimum Gasteiger partial charge on any atom is -0.417 e.